The quantitative estimate of drug-likeness (QED) is 0.688. The summed E-state index contributed by atoms with van der Waals surface area (Å²) in [6, 6.07) is 3.98. The van der Waals surface area contributed by atoms with Gasteiger partial charge in [-0.3, -0.25) is 5.01 Å². The zero-order valence-electron chi connectivity index (χ0n) is 8.66. The van der Waals surface area contributed by atoms with E-state index in [1.54, 1.807) is 5.01 Å². The fourth-order valence-electron chi connectivity index (χ4n) is 2.05. The molecule has 80 valence electrons. The van der Waals surface area contributed by atoms with Crippen molar-refractivity contribution in [3.63, 3.8) is 0 Å². The summed E-state index contributed by atoms with van der Waals surface area (Å²) in [5.41, 5.74) is 3.72. The molecular formula is C11H13ClN2O. The Bertz CT molecular complexity index is 392. The summed E-state index contributed by atoms with van der Waals surface area (Å²) in [6.45, 7) is 3.43. The van der Waals surface area contributed by atoms with Gasteiger partial charge in [-0.05, 0) is 42.5 Å². The van der Waals surface area contributed by atoms with Gasteiger partial charge in [-0.1, -0.05) is 17.7 Å². The Balaban J connectivity index is 2.35. The Labute approximate surface area is 94.0 Å². The molecule has 0 radical (unpaired) electrons. The number of hydrogen-bond donors (Lipinski definition) is 0. The molecule has 4 heteroatoms. The first-order chi connectivity index (χ1) is 7.22. The van der Waals surface area contributed by atoms with Gasteiger partial charge in [0.05, 0.1) is 5.29 Å². The standard InChI is InChI=1S/C11H13ClN2O/c1-8-10-5-7-14(13-15)6-4-9(10)2-3-11(8)12/h2-3H,4-7H2,1H3. The van der Waals surface area contributed by atoms with Gasteiger partial charge in [0.15, 0.2) is 0 Å². The first-order valence-electron chi connectivity index (χ1n) is 5.07. The molecule has 3 nitrogen and oxygen atoms in total. The van der Waals surface area contributed by atoms with Gasteiger partial charge in [0.25, 0.3) is 0 Å². The molecule has 0 unspecified atom stereocenters. The third kappa shape index (κ3) is 1.97. The number of benzene rings is 1. The molecule has 1 heterocycles. The van der Waals surface area contributed by atoms with Crippen LogP contribution in [0.1, 0.15) is 16.7 Å². The summed E-state index contributed by atoms with van der Waals surface area (Å²) in [5.74, 6) is 0. The molecule has 15 heavy (non-hydrogen) atoms. The highest BCUT2D eigenvalue weighted by Crippen LogP contribution is 2.25. The van der Waals surface area contributed by atoms with Gasteiger partial charge in [0, 0.05) is 18.1 Å². The van der Waals surface area contributed by atoms with E-state index >= 15 is 0 Å². The molecule has 1 aromatic carbocycles. The molecule has 1 aromatic rings. The smallest absolute Gasteiger partial charge is 0.0524 e. The van der Waals surface area contributed by atoms with Crippen LogP contribution < -0.4 is 0 Å². The lowest BCUT2D eigenvalue weighted by atomic mass is 9.98. The maximum absolute atomic E-state index is 10.5. The normalized spacial score (nSPS) is 15.7. The van der Waals surface area contributed by atoms with Crippen molar-refractivity contribution in [1.29, 1.82) is 0 Å². The van der Waals surface area contributed by atoms with E-state index in [9.17, 15) is 4.91 Å². The van der Waals surface area contributed by atoms with Crippen molar-refractivity contribution in [2.24, 2.45) is 5.29 Å². The third-order valence-electron chi connectivity index (χ3n) is 3.00. The minimum Gasteiger partial charge on any atom is -0.260 e. The molecule has 0 amide bonds. The van der Waals surface area contributed by atoms with Crippen LogP contribution in [0, 0.1) is 11.8 Å². The molecule has 0 saturated heterocycles. The van der Waals surface area contributed by atoms with E-state index in [1.807, 2.05) is 13.0 Å². The lowest BCUT2D eigenvalue weighted by Crippen LogP contribution is -2.19. The number of nitroso groups, excluding NO2 is 1. The highest BCUT2D eigenvalue weighted by molar-refractivity contribution is 6.31. The highest BCUT2D eigenvalue weighted by atomic mass is 35.5. The number of hydrogen-bond acceptors (Lipinski definition) is 2. The van der Waals surface area contributed by atoms with Crippen LogP contribution in [0.5, 0.6) is 0 Å². The van der Waals surface area contributed by atoms with Crippen molar-refractivity contribution in [2.45, 2.75) is 19.8 Å². The number of nitrogens with zero attached hydrogens (tertiary/aromatic N) is 2. The van der Waals surface area contributed by atoms with Crippen LogP contribution >= 0.6 is 11.6 Å². The SMILES string of the molecule is Cc1c(Cl)ccc2c1CCN(N=O)CC2. The topological polar surface area (TPSA) is 32.7 Å². The molecule has 0 aliphatic carbocycles. The number of fused-ring (bicyclic) bond motifs is 1. The van der Waals surface area contributed by atoms with Crippen molar-refractivity contribution in [3.8, 4) is 0 Å². The largest absolute Gasteiger partial charge is 0.260 e. The van der Waals surface area contributed by atoms with Gasteiger partial charge in [0.2, 0.25) is 0 Å². The first kappa shape index (κ1) is 10.4. The monoisotopic (exact) mass is 224 g/mol. The van der Waals surface area contributed by atoms with E-state index in [0.29, 0.717) is 13.1 Å². The average Bonchev–Trinajstić information content (AvgIpc) is 2.46. The summed E-state index contributed by atoms with van der Waals surface area (Å²) < 4.78 is 0. The van der Waals surface area contributed by atoms with Crippen molar-refractivity contribution in [3.05, 3.63) is 38.8 Å². The van der Waals surface area contributed by atoms with Crippen molar-refractivity contribution < 1.29 is 0 Å². The molecular weight excluding hydrogens is 212 g/mol. The van der Waals surface area contributed by atoms with Crippen molar-refractivity contribution >= 4 is 11.6 Å². The summed E-state index contributed by atoms with van der Waals surface area (Å²) in [5, 5.41) is 5.38. The minimum atomic E-state index is 0.692. The molecule has 0 spiro atoms. The zero-order chi connectivity index (χ0) is 10.8. The van der Waals surface area contributed by atoms with Crippen LogP contribution in [0.3, 0.4) is 0 Å². The van der Waals surface area contributed by atoms with Crippen LogP contribution in [0.4, 0.5) is 0 Å². The molecule has 1 aliphatic heterocycles. The van der Waals surface area contributed by atoms with Crippen LogP contribution in [0.25, 0.3) is 0 Å². The summed E-state index contributed by atoms with van der Waals surface area (Å²) >= 11 is 6.07. The van der Waals surface area contributed by atoms with Crippen LogP contribution in [0.15, 0.2) is 17.4 Å². The molecule has 1 aliphatic rings. The second kappa shape index (κ2) is 4.19. The Morgan fingerprint density at radius 2 is 2.07 bits per heavy atom. The van der Waals surface area contributed by atoms with E-state index in [4.69, 9.17) is 11.6 Å². The maximum Gasteiger partial charge on any atom is 0.0524 e. The first-order valence-corrected chi connectivity index (χ1v) is 5.45. The number of halogens is 1. The minimum absolute atomic E-state index is 0.692. The van der Waals surface area contributed by atoms with Gasteiger partial charge in [-0.25, -0.2) is 0 Å². The Morgan fingerprint density at radius 3 is 2.80 bits per heavy atom. The molecule has 2 rings (SSSR count). The summed E-state index contributed by atoms with van der Waals surface area (Å²) in [4.78, 5) is 10.5. The summed E-state index contributed by atoms with van der Waals surface area (Å²) in [6.07, 6.45) is 1.73. The van der Waals surface area contributed by atoms with Gasteiger partial charge < -0.3 is 0 Å². The average molecular weight is 225 g/mol. The fourth-order valence-corrected chi connectivity index (χ4v) is 2.23. The number of rotatable bonds is 1. The van der Waals surface area contributed by atoms with E-state index in [2.05, 4.69) is 11.4 Å². The second-order valence-electron chi connectivity index (χ2n) is 3.85. The van der Waals surface area contributed by atoms with Crippen LogP contribution in [-0.2, 0) is 12.8 Å². The summed E-state index contributed by atoms with van der Waals surface area (Å²) in [7, 11) is 0. The lowest BCUT2D eigenvalue weighted by molar-refractivity contribution is 0.299. The molecule has 0 fully saturated rings. The Hall–Kier alpha value is -1.09. The molecule has 0 atom stereocenters. The van der Waals surface area contributed by atoms with E-state index in [-0.39, 0.29) is 0 Å². The predicted molar refractivity (Wildman–Crippen MR) is 61.0 cm³/mol. The van der Waals surface area contributed by atoms with Crippen LogP contribution in [-0.4, -0.2) is 18.1 Å². The zero-order valence-corrected chi connectivity index (χ0v) is 9.42. The van der Waals surface area contributed by atoms with E-state index < -0.39 is 0 Å². The second-order valence-corrected chi connectivity index (χ2v) is 4.25. The van der Waals surface area contributed by atoms with Crippen LogP contribution in [0.2, 0.25) is 5.02 Å². The van der Waals surface area contributed by atoms with Crippen molar-refractivity contribution in [1.82, 2.24) is 5.01 Å². The highest BCUT2D eigenvalue weighted by Gasteiger charge is 2.15. The fraction of sp³-hybridized carbons (Fsp3) is 0.455. The third-order valence-corrected chi connectivity index (χ3v) is 3.41. The maximum atomic E-state index is 10.5. The van der Waals surface area contributed by atoms with E-state index in [0.717, 1.165) is 23.4 Å². The van der Waals surface area contributed by atoms with E-state index in [1.165, 1.54) is 11.1 Å². The van der Waals surface area contributed by atoms with Gasteiger partial charge in [-0.15, -0.1) is 4.91 Å². The lowest BCUT2D eigenvalue weighted by Gasteiger charge is -2.10. The molecule has 0 aromatic heterocycles. The van der Waals surface area contributed by atoms with Crippen molar-refractivity contribution in [2.75, 3.05) is 13.1 Å². The predicted octanol–water partition coefficient (Wildman–Crippen LogP) is 2.73. The molecule has 0 bridgehead atoms. The van der Waals surface area contributed by atoms with Gasteiger partial charge in [-0.2, -0.15) is 0 Å². The van der Waals surface area contributed by atoms with Gasteiger partial charge in [0.1, 0.15) is 0 Å². The Kier molecular flexibility index (Phi) is 2.91. The molecule has 0 saturated carbocycles. The van der Waals surface area contributed by atoms with Gasteiger partial charge >= 0.3 is 0 Å². The Morgan fingerprint density at radius 1 is 1.33 bits per heavy atom. The molecule has 0 N–H and O–H groups in total.